The van der Waals surface area contributed by atoms with Crippen LogP contribution in [0.2, 0.25) is 0 Å². The average Bonchev–Trinajstić information content (AvgIpc) is 2.81. The van der Waals surface area contributed by atoms with Crippen molar-refractivity contribution in [1.82, 2.24) is 15.0 Å². The van der Waals surface area contributed by atoms with Crippen molar-refractivity contribution in [2.24, 2.45) is 0 Å². The van der Waals surface area contributed by atoms with Crippen LogP contribution in [0.5, 0.6) is 0 Å². The fourth-order valence-electron chi connectivity index (χ4n) is 2.93. The molecule has 0 amide bonds. The van der Waals surface area contributed by atoms with Gasteiger partial charge in [0.1, 0.15) is 5.52 Å². The van der Waals surface area contributed by atoms with E-state index in [2.05, 4.69) is 50.6 Å². The number of benzene rings is 2. The van der Waals surface area contributed by atoms with Crippen LogP contribution in [0.15, 0.2) is 48.5 Å². The van der Waals surface area contributed by atoms with Crippen molar-refractivity contribution < 1.29 is 0 Å². The molecule has 0 saturated carbocycles. The fourth-order valence-corrected chi connectivity index (χ4v) is 2.93. The summed E-state index contributed by atoms with van der Waals surface area (Å²) in [5.74, 6) is 0. The van der Waals surface area contributed by atoms with E-state index in [1.54, 1.807) is 0 Å². The van der Waals surface area contributed by atoms with Crippen LogP contribution >= 0.6 is 0 Å². The van der Waals surface area contributed by atoms with Crippen LogP contribution < -0.4 is 5.32 Å². The number of rotatable bonds is 1. The topological polar surface area (TPSA) is 42.7 Å². The summed E-state index contributed by atoms with van der Waals surface area (Å²) in [7, 11) is 0. The molecule has 3 aromatic rings. The second kappa shape index (κ2) is 4.63. The minimum absolute atomic E-state index is 0.342. The van der Waals surface area contributed by atoms with Gasteiger partial charge < -0.3 is 5.32 Å². The highest BCUT2D eigenvalue weighted by Gasteiger charge is 2.19. The van der Waals surface area contributed by atoms with Crippen molar-refractivity contribution in [2.75, 3.05) is 11.9 Å². The molecule has 1 aliphatic heterocycles. The number of aryl methyl sites for hydroxylation is 1. The Bertz CT molecular complexity index is 720. The zero-order valence-electron chi connectivity index (χ0n) is 11.2. The molecule has 0 fully saturated rings. The molecule has 1 aromatic heterocycles. The Morgan fingerprint density at radius 3 is 2.90 bits per heavy atom. The largest absolute Gasteiger partial charge is 0.383 e. The SMILES string of the molecule is c1ccc2c(c1)CCC(n1nnc3ccccc31)CN2. The normalized spacial score (nSPS) is 18.3. The smallest absolute Gasteiger partial charge is 0.113 e. The van der Waals surface area contributed by atoms with E-state index >= 15 is 0 Å². The number of aromatic nitrogens is 3. The first kappa shape index (κ1) is 11.5. The number of fused-ring (bicyclic) bond motifs is 2. The van der Waals surface area contributed by atoms with E-state index in [0.717, 1.165) is 30.4 Å². The molecule has 4 rings (SSSR count). The van der Waals surface area contributed by atoms with Gasteiger partial charge in [-0.15, -0.1) is 5.10 Å². The minimum atomic E-state index is 0.342. The first-order valence-corrected chi connectivity index (χ1v) is 7.03. The Hall–Kier alpha value is -2.36. The minimum Gasteiger partial charge on any atom is -0.383 e. The van der Waals surface area contributed by atoms with Gasteiger partial charge in [0.25, 0.3) is 0 Å². The molecule has 0 aliphatic carbocycles. The zero-order chi connectivity index (χ0) is 13.4. The molecule has 2 heterocycles. The van der Waals surface area contributed by atoms with Gasteiger partial charge in [0.15, 0.2) is 0 Å². The Morgan fingerprint density at radius 2 is 1.90 bits per heavy atom. The molecule has 1 unspecified atom stereocenters. The van der Waals surface area contributed by atoms with Gasteiger partial charge in [0.2, 0.25) is 0 Å². The molecule has 0 saturated heterocycles. The Kier molecular flexibility index (Phi) is 2.66. The number of nitrogens with one attached hydrogen (secondary N) is 1. The number of hydrogen-bond acceptors (Lipinski definition) is 3. The molecule has 1 aliphatic rings. The summed E-state index contributed by atoms with van der Waals surface area (Å²) >= 11 is 0. The predicted octanol–water partition coefficient (Wildman–Crippen LogP) is 3.03. The molecule has 2 aromatic carbocycles. The molecule has 0 spiro atoms. The van der Waals surface area contributed by atoms with E-state index < -0.39 is 0 Å². The number of para-hydroxylation sites is 2. The fraction of sp³-hybridized carbons (Fsp3) is 0.250. The number of anilines is 1. The first-order chi connectivity index (χ1) is 9.92. The lowest BCUT2D eigenvalue weighted by Crippen LogP contribution is -2.18. The van der Waals surface area contributed by atoms with Crippen LogP contribution in [0, 0.1) is 0 Å². The zero-order valence-corrected chi connectivity index (χ0v) is 11.2. The molecular weight excluding hydrogens is 248 g/mol. The molecule has 4 nitrogen and oxygen atoms in total. The second-order valence-corrected chi connectivity index (χ2v) is 5.25. The molecule has 1 N–H and O–H groups in total. The van der Waals surface area contributed by atoms with Crippen LogP contribution in [0.25, 0.3) is 11.0 Å². The van der Waals surface area contributed by atoms with Crippen LogP contribution in [-0.2, 0) is 6.42 Å². The van der Waals surface area contributed by atoms with Crippen LogP contribution in [-0.4, -0.2) is 21.5 Å². The van der Waals surface area contributed by atoms with E-state index in [0.29, 0.717) is 6.04 Å². The lowest BCUT2D eigenvalue weighted by Gasteiger charge is -2.15. The maximum absolute atomic E-state index is 4.35. The highest BCUT2D eigenvalue weighted by atomic mass is 15.4. The van der Waals surface area contributed by atoms with Crippen molar-refractivity contribution in [3.63, 3.8) is 0 Å². The van der Waals surface area contributed by atoms with E-state index in [1.807, 2.05) is 18.2 Å². The molecule has 0 bridgehead atoms. The van der Waals surface area contributed by atoms with Gasteiger partial charge in [-0.2, -0.15) is 0 Å². The summed E-state index contributed by atoms with van der Waals surface area (Å²) in [4.78, 5) is 0. The van der Waals surface area contributed by atoms with Crippen LogP contribution in [0.4, 0.5) is 5.69 Å². The standard InChI is InChI=1S/C16H16N4/c1-2-6-14-12(5-1)9-10-13(11-17-14)20-16-8-4-3-7-15(16)18-19-20/h1-8,13,17H,9-11H2. The second-order valence-electron chi connectivity index (χ2n) is 5.25. The summed E-state index contributed by atoms with van der Waals surface area (Å²) in [6, 6.07) is 17.0. The summed E-state index contributed by atoms with van der Waals surface area (Å²) < 4.78 is 2.06. The van der Waals surface area contributed by atoms with Crippen molar-refractivity contribution in [3.05, 3.63) is 54.1 Å². The maximum Gasteiger partial charge on any atom is 0.113 e. The van der Waals surface area contributed by atoms with E-state index in [4.69, 9.17) is 0 Å². The number of nitrogens with zero attached hydrogens (tertiary/aromatic N) is 3. The van der Waals surface area contributed by atoms with Crippen LogP contribution in [0.3, 0.4) is 0 Å². The van der Waals surface area contributed by atoms with Gasteiger partial charge in [-0.1, -0.05) is 35.5 Å². The van der Waals surface area contributed by atoms with Gasteiger partial charge in [0.05, 0.1) is 11.6 Å². The highest BCUT2D eigenvalue weighted by molar-refractivity contribution is 5.74. The van der Waals surface area contributed by atoms with Gasteiger partial charge in [-0.05, 0) is 36.6 Å². The van der Waals surface area contributed by atoms with Crippen molar-refractivity contribution in [2.45, 2.75) is 18.9 Å². The highest BCUT2D eigenvalue weighted by Crippen LogP contribution is 2.27. The Labute approximate surface area is 117 Å². The average molecular weight is 264 g/mol. The third-order valence-electron chi connectivity index (χ3n) is 4.02. The Morgan fingerprint density at radius 1 is 1.05 bits per heavy atom. The lowest BCUT2D eigenvalue weighted by atomic mass is 10.1. The first-order valence-electron chi connectivity index (χ1n) is 7.03. The Balaban J connectivity index is 1.68. The third-order valence-corrected chi connectivity index (χ3v) is 4.02. The predicted molar refractivity (Wildman–Crippen MR) is 79.8 cm³/mol. The molecule has 4 heteroatoms. The summed E-state index contributed by atoms with van der Waals surface area (Å²) in [5.41, 5.74) is 4.72. The van der Waals surface area contributed by atoms with Gasteiger partial charge in [0, 0.05) is 12.2 Å². The molecular formula is C16H16N4. The molecule has 20 heavy (non-hydrogen) atoms. The maximum atomic E-state index is 4.35. The van der Waals surface area contributed by atoms with Crippen LogP contribution in [0.1, 0.15) is 18.0 Å². The van der Waals surface area contributed by atoms with Gasteiger partial charge in [-0.25, -0.2) is 4.68 Å². The monoisotopic (exact) mass is 264 g/mol. The van der Waals surface area contributed by atoms with E-state index in [-0.39, 0.29) is 0 Å². The summed E-state index contributed by atoms with van der Waals surface area (Å²) in [5, 5.41) is 12.1. The van der Waals surface area contributed by atoms with Crippen molar-refractivity contribution in [3.8, 4) is 0 Å². The molecule has 0 radical (unpaired) electrons. The third kappa shape index (κ3) is 1.84. The van der Waals surface area contributed by atoms with Crippen molar-refractivity contribution in [1.29, 1.82) is 0 Å². The van der Waals surface area contributed by atoms with Gasteiger partial charge >= 0.3 is 0 Å². The number of hydrogen-bond donors (Lipinski definition) is 1. The van der Waals surface area contributed by atoms with E-state index in [1.165, 1.54) is 11.3 Å². The quantitative estimate of drug-likeness (QED) is 0.734. The summed E-state index contributed by atoms with van der Waals surface area (Å²) in [6.45, 7) is 0.893. The summed E-state index contributed by atoms with van der Waals surface area (Å²) in [6.07, 6.45) is 2.15. The molecule has 1 atom stereocenters. The molecule has 100 valence electrons. The van der Waals surface area contributed by atoms with E-state index in [9.17, 15) is 0 Å². The van der Waals surface area contributed by atoms with Gasteiger partial charge in [-0.3, -0.25) is 0 Å². The lowest BCUT2D eigenvalue weighted by molar-refractivity contribution is 0.450. The van der Waals surface area contributed by atoms with Crippen molar-refractivity contribution >= 4 is 16.7 Å².